The molecule has 0 bridgehead atoms. The highest BCUT2D eigenvalue weighted by molar-refractivity contribution is 9.10. The van der Waals surface area contributed by atoms with Crippen LogP contribution in [-0.2, 0) is 0 Å². The van der Waals surface area contributed by atoms with Crippen LogP contribution in [0.15, 0.2) is 48.1 Å². The van der Waals surface area contributed by atoms with Gasteiger partial charge in [0.1, 0.15) is 0 Å². The van der Waals surface area contributed by atoms with Gasteiger partial charge in [0.2, 0.25) is 5.95 Å². The molecule has 0 amide bonds. The van der Waals surface area contributed by atoms with Crippen molar-refractivity contribution in [2.45, 2.75) is 6.92 Å². The van der Waals surface area contributed by atoms with Crippen molar-refractivity contribution >= 4 is 39.2 Å². The standard InChI is InChI=1S/C15H14BrN3/c1-4-11-9-17-15(19-14(11)10(2)3)18-13-7-5-6-12(16)8-13/h4-9H,1-2H2,3H3,(H,17,18,19). The zero-order chi connectivity index (χ0) is 13.8. The fourth-order valence-electron chi connectivity index (χ4n) is 1.64. The first kappa shape index (κ1) is 13.5. The van der Waals surface area contributed by atoms with Crippen molar-refractivity contribution in [2.75, 3.05) is 5.32 Å². The Morgan fingerprint density at radius 2 is 2.21 bits per heavy atom. The number of hydrogen-bond acceptors (Lipinski definition) is 3. The summed E-state index contributed by atoms with van der Waals surface area (Å²) in [5.41, 5.74) is 3.50. The largest absolute Gasteiger partial charge is 0.324 e. The van der Waals surface area contributed by atoms with E-state index in [-0.39, 0.29) is 0 Å². The molecule has 0 unspecified atom stereocenters. The number of benzene rings is 1. The molecular formula is C15H14BrN3. The van der Waals surface area contributed by atoms with Crippen molar-refractivity contribution in [1.29, 1.82) is 0 Å². The minimum Gasteiger partial charge on any atom is -0.324 e. The lowest BCUT2D eigenvalue weighted by atomic mass is 10.1. The van der Waals surface area contributed by atoms with E-state index in [1.165, 1.54) is 0 Å². The van der Waals surface area contributed by atoms with Crippen LogP contribution in [0.25, 0.3) is 11.6 Å². The first-order valence-electron chi connectivity index (χ1n) is 5.78. The molecule has 3 nitrogen and oxygen atoms in total. The van der Waals surface area contributed by atoms with Gasteiger partial charge in [-0.05, 0) is 30.7 Å². The highest BCUT2D eigenvalue weighted by Gasteiger charge is 2.06. The van der Waals surface area contributed by atoms with Crippen LogP contribution in [0.4, 0.5) is 11.6 Å². The van der Waals surface area contributed by atoms with Crippen molar-refractivity contribution in [1.82, 2.24) is 9.97 Å². The van der Waals surface area contributed by atoms with Crippen molar-refractivity contribution in [3.63, 3.8) is 0 Å². The topological polar surface area (TPSA) is 37.8 Å². The van der Waals surface area contributed by atoms with Gasteiger partial charge in [-0.1, -0.05) is 41.2 Å². The minimum absolute atomic E-state index is 0.543. The van der Waals surface area contributed by atoms with E-state index < -0.39 is 0 Å². The molecule has 0 aliphatic carbocycles. The number of anilines is 2. The molecule has 0 saturated carbocycles. The molecule has 0 atom stereocenters. The molecule has 0 saturated heterocycles. The number of rotatable bonds is 4. The van der Waals surface area contributed by atoms with Crippen LogP contribution in [-0.4, -0.2) is 9.97 Å². The lowest BCUT2D eigenvalue weighted by Gasteiger charge is -2.09. The molecule has 96 valence electrons. The number of nitrogens with one attached hydrogen (secondary N) is 1. The van der Waals surface area contributed by atoms with E-state index in [2.05, 4.69) is 44.4 Å². The second-order valence-corrected chi connectivity index (χ2v) is 5.03. The van der Waals surface area contributed by atoms with E-state index in [1.54, 1.807) is 12.3 Å². The van der Waals surface area contributed by atoms with Crippen LogP contribution in [0, 0.1) is 0 Å². The van der Waals surface area contributed by atoms with Crippen molar-refractivity contribution in [2.24, 2.45) is 0 Å². The van der Waals surface area contributed by atoms with Crippen LogP contribution in [0.5, 0.6) is 0 Å². The van der Waals surface area contributed by atoms with E-state index in [1.807, 2.05) is 31.2 Å². The normalized spacial score (nSPS) is 10.0. The molecule has 1 heterocycles. The highest BCUT2D eigenvalue weighted by Crippen LogP contribution is 2.21. The zero-order valence-corrected chi connectivity index (χ0v) is 12.2. The van der Waals surface area contributed by atoms with Gasteiger partial charge in [-0.15, -0.1) is 0 Å². The number of allylic oxidation sites excluding steroid dienone is 1. The van der Waals surface area contributed by atoms with E-state index in [4.69, 9.17) is 0 Å². The van der Waals surface area contributed by atoms with Crippen LogP contribution in [0.1, 0.15) is 18.2 Å². The molecule has 0 aliphatic heterocycles. The molecule has 2 rings (SSSR count). The molecule has 0 radical (unpaired) electrons. The monoisotopic (exact) mass is 315 g/mol. The third-order valence-electron chi connectivity index (χ3n) is 2.52. The zero-order valence-electron chi connectivity index (χ0n) is 10.7. The summed E-state index contributed by atoms with van der Waals surface area (Å²) in [7, 11) is 0. The highest BCUT2D eigenvalue weighted by atomic mass is 79.9. The molecule has 0 spiro atoms. The Kier molecular flexibility index (Phi) is 4.12. The maximum atomic E-state index is 4.46. The van der Waals surface area contributed by atoms with E-state index in [0.29, 0.717) is 5.95 Å². The fraction of sp³-hybridized carbons (Fsp3) is 0.0667. The number of nitrogens with zero attached hydrogens (tertiary/aromatic N) is 2. The van der Waals surface area contributed by atoms with E-state index in [9.17, 15) is 0 Å². The Bertz CT molecular complexity index is 635. The summed E-state index contributed by atoms with van der Waals surface area (Å²) in [6, 6.07) is 7.83. The summed E-state index contributed by atoms with van der Waals surface area (Å²) in [4.78, 5) is 8.73. The smallest absolute Gasteiger partial charge is 0.227 e. The third-order valence-corrected chi connectivity index (χ3v) is 3.02. The summed E-state index contributed by atoms with van der Waals surface area (Å²) in [5.74, 6) is 0.543. The predicted molar refractivity (Wildman–Crippen MR) is 84.3 cm³/mol. The van der Waals surface area contributed by atoms with Gasteiger partial charge in [-0.25, -0.2) is 9.97 Å². The van der Waals surface area contributed by atoms with Gasteiger partial charge < -0.3 is 5.32 Å². The number of hydrogen-bond donors (Lipinski definition) is 1. The molecule has 19 heavy (non-hydrogen) atoms. The summed E-state index contributed by atoms with van der Waals surface area (Å²) >= 11 is 3.43. The van der Waals surface area contributed by atoms with Crippen molar-refractivity contribution in [3.8, 4) is 0 Å². The maximum absolute atomic E-state index is 4.46. The molecule has 0 fully saturated rings. The average molecular weight is 316 g/mol. The summed E-state index contributed by atoms with van der Waals surface area (Å²) in [6.07, 6.45) is 3.47. The predicted octanol–water partition coefficient (Wildman–Crippen LogP) is 4.66. The molecule has 0 aliphatic rings. The van der Waals surface area contributed by atoms with Gasteiger partial charge in [0.25, 0.3) is 0 Å². The quantitative estimate of drug-likeness (QED) is 0.891. The lowest BCUT2D eigenvalue weighted by Crippen LogP contribution is -2.01. The second kappa shape index (κ2) is 5.80. The second-order valence-electron chi connectivity index (χ2n) is 4.12. The van der Waals surface area contributed by atoms with Crippen LogP contribution >= 0.6 is 15.9 Å². The fourth-order valence-corrected chi connectivity index (χ4v) is 2.04. The van der Waals surface area contributed by atoms with Gasteiger partial charge >= 0.3 is 0 Å². The van der Waals surface area contributed by atoms with E-state index in [0.717, 1.165) is 27.0 Å². The summed E-state index contributed by atoms with van der Waals surface area (Å²) in [6.45, 7) is 9.59. The maximum Gasteiger partial charge on any atom is 0.227 e. The summed E-state index contributed by atoms with van der Waals surface area (Å²) < 4.78 is 1.00. The third kappa shape index (κ3) is 3.29. The Morgan fingerprint density at radius 3 is 2.84 bits per heavy atom. The molecule has 1 N–H and O–H groups in total. The van der Waals surface area contributed by atoms with Gasteiger partial charge in [0.15, 0.2) is 0 Å². The molecule has 1 aromatic carbocycles. The van der Waals surface area contributed by atoms with Gasteiger partial charge in [0, 0.05) is 21.9 Å². The Morgan fingerprint density at radius 1 is 1.42 bits per heavy atom. The van der Waals surface area contributed by atoms with E-state index >= 15 is 0 Å². The van der Waals surface area contributed by atoms with Crippen LogP contribution in [0.2, 0.25) is 0 Å². The Hall–Kier alpha value is -1.94. The van der Waals surface area contributed by atoms with Gasteiger partial charge in [-0.3, -0.25) is 0 Å². The molecule has 4 heteroatoms. The van der Waals surface area contributed by atoms with Crippen molar-refractivity contribution in [3.05, 3.63) is 59.4 Å². The number of halogens is 1. The first-order valence-corrected chi connectivity index (χ1v) is 6.57. The Labute approximate surface area is 121 Å². The molecular weight excluding hydrogens is 302 g/mol. The van der Waals surface area contributed by atoms with Crippen LogP contribution < -0.4 is 5.32 Å². The first-order chi connectivity index (χ1) is 9.10. The SMILES string of the molecule is C=Cc1cnc(Nc2cccc(Br)c2)nc1C(=C)C. The lowest BCUT2D eigenvalue weighted by molar-refractivity contribution is 1.13. The minimum atomic E-state index is 0.543. The van der Waals surface area contributed by atoms with Gasteiger partial charge in [-0.2, -0.15) is 0 Å². The molecule has 1 aromatic heterocycles. The Balaban J connectivity index is 2.33. The number of aromatic nitrogens is 2. The average Bonchev–Trinajstić information content (AvgIpc) is 2.38. The van der Waals surface area contributed by atoms with Gasteiger partial charge in [0.05, 0.1) is 5.69 Å². The van der Waals surface area contributed by atoms with Crippen molar-refractivity contribution < 1.29 is 0 Å². The summed E-state index contributed by atoms with van der Waals surface area (Å²) in [5, 5.41) is 3.16. The van der Waals surface area contributed by atoms with Crippen LogP contribution in [0.3, 0.4) is 0 Å². The molecule has 2 aromatic rings.